The highest BCUT2D eigenvalue weighted by molar-refractivity contribution is 5.91. The average Bonchev–Trinajstić information content (AvgIpc) is 2.64. The fourth-order valence-corrected chi connectivity index (χ4v) is 2.48. The molecule has 0 amide bonds. The SMILES string of the molecule is C=CCc1cc(C=Nc2cc(C(=O)OC)ccc2C)cc(OCC)c1O. The molecule has 0 atom stereocenters. The monoisotopic (exact) mass is 353 g/mol. The molecule has 0 aliphatic heterocycles. The van der Waals surface area contributed by atoms with Crippen LogP contribution in [0.15, 0.2) is 48.0 Å². The number of aliphatic imine (C=N–C) groups is 1. The van der Waals surface area contributed by atoms with E-state index in [0.29, 0.717) is 35.6 Å². The summed E-state index contributed by atoms with van der Waals surface area (Å²) in [5.74, 6) is 0.124. The van der Waals surface area contributed by atoms with Gasteiger partial charge in [0.15, 0.2) is 11.5 Å². The number of rotatable bonds is 7. The van der Waals surface area contributed by atoms with Gasteiger partial charge >= 0.3 is 5.97 Å². The van der Waals surface area contributed by atoms with Gasteiger partial charge in [-0.25, -0.2) is 4.79 Å². The number of hydrogen-bond donors (Lipinski definition) is 1. The lowest BCUT2D eigenvalue weighted by atomic mass is 10.1. The molecule has 0 spiro atoms. The number of carbonyl (C=O) groups excluding carboxylic acids is 1. The Morgan fingerprint density at radius 3 is 2.73 bits per heavy atom. The molecule has 0 aliphatic carbocycles. The number of phenols is 1. The van der Waals surface area contributed by atoms with Crippen molar-refractivity contribution in [1.82, 2.24) is 0 Å². The standard InChI is InChI=1S/C21H23NO4/c1-5-7-16-10-15(11-19(20(16)23)26-6-2)13-22-18-12-17(21(24)25-4)9-8-14(18)3/h5,8-13,23H,1,6-7H2,2-4H3. The molecule has 26 heavy (non-hydrogen) atoms. The Balaban J connectivity index is 2.41. The Labute approximate surface area is 153 Å². The highest BCUT2D eigenvalue weighted by atomic mass is 16.5. The molecule has 5 nitrogen and oxygen atoms in total. The number of aromatic hydroxyl groups is 1. The maximum Gasteiger partial charge on any atom is 0.337 e. The molecule has 0 heterocycles. The van der Waals surface area contributed by atoms with E-state index in [2.05, 4.69) is 11.6 Å². The van der Waals surface area contributed by atoms with Crippen LogP contribution in [0.1, 0.15) is 34.0 Å². The first-order valence-corrected chi connectivity index (χ1v) is 8.32. The second-order valence-electron chi connectivity index (χ2n) is 5.70. The summed E-state index contributed by atoms with van der Waals surface area (Å²) in [6.07, 6.45) is 3.91. The molecule has 0 fully saturated rings. The number of esters is 1. The van der Waals surface area contributed by atoms with Crippen LogP contribution in [0.25, 0.3) is 0 Å². The molecule has 0 unspecified atom stereocenters. The van der Waals surface area contributed by atoms with Crippen LogP contribution in [0.5, 0.6) is 11.5 Å². The summed E-state index contributed by atoms with van der Waals surface area (Å²) in [4.78, 5) is 16.2. The summed E-state index contributed by atoms with van der Waals surface area (Å²) in [6, 6.07) is 8.78. The maximum absolute atomic E-state index is 11.7. The second-order valence-corrected chi connectivity index (χ2v) is 5.70. The number of phenolic OH excluding ortho intramolecular Hbond substituents is 1. The topological polar surface area (TPSA) is 68.1 Å². The Hall–Kier alpha value is -3.08. The summed E-state index contributed by atoms with van der Waals surface area (Å²) in [5, 5.41) is 10.3. The predicted octanol–water partition coefficient (Wildman–Crippen LogP) is 4.37. The first-order valence-electron chi connectivity index (χ1n) is 8.32. The van der Waals surface area contributed by atoms with Crippen LogP contribution in [0.3, 0.4) is 0 Å². The molecule has 0 saturated heterocycles. The molecular formula is C21H23NO4. The lowest BCUT2D eigenvalue weighted by molar-refractivity contribution is 0.0601. The molecule has 2 rings (SSSR count). The Kier molecular flexibility index (Phi) is 6.55. The fraction of sp³-hybridized carbons (Fsp3) is 0.238. The summed E-state index contributed by atoms with van der Waals surface area (Å²) >= 11 is 0. The number of allylic oxidation sites excluding steroid dienone is 1. The van der Waals surface area contributed by atoms with Crippen LogP contribution >= 0.6 is 0 Å². The minimum Gasteiger partial charge on any atom is -0.504 e. The van der Waals surface area contributed by atoms with Crippen molar-refractivity contribution in [3.8, 4) is 11.5 Å². The van der Waals surface area contributed by atoms with Crippen LogP contribution in [-0.2, 0) is 11.2 Å². The van der Waals surface area contributed by atoms with E-state index in [1.807, 2.05) is 26.0 Å². The lowest BCUT2D eigenvalue weighted by Crippen LogP contribution is -2.00. The molecule has 2 aromatic rings. The van der Waals surface area contributed by atoms with E-state index in [9.17, 15) is 9.90 Å². The highest BCUT2D eigenvalue weighted by Crippen LogP contribution is 2.32. The van der Waals surface area contributed by atoms with E-state index in [1.54, 1.807) is 30.5 Å². The molecule has 5 heteroatoms. The van der Waals surface area contributed by atoms with Crippen LogP contribution in [0.2, 0.25) is 0 Å². The molecule has 0 aliphatic rings. The molecule has 0 aromatic heterocycles. The van der Waals surface area contributed by atoms with Crippen molar-refractivity contribution < 1.29 is 19.4 Å². The second kappa shape index (κ2) is 8.85. The first kappa shape index (κ1) is 19.2. The average molecular weight is 353 g/mol. The van der Waals surface area contributed by atoms with Gasteiger partial charge in [-0.2, -0.15) is 0 Å². The van der Waals surface area contributed by atoms with Gasteiger partial charge in [0.1, 0.15) is 0 Å². The highest BCUT2D eigenvalue weighted by Gasteiger charge is 2.10. The normalized spacial score (nSPS) is 10.7. The van der Waals surface area contributed by atoms with E-state index < -0.39 is 5.97 Å². The van der Waals surface area contributed by atoms with Gasteiger partial charge in [-0.05, 0) is 55.7 Å². The van der Waals surface area contributed by atoms with Crippen molar-refractivity contribution in [1.29, 1.82) is 0 Å². The summed E-state index contributed by atoms with van der Waals surface area (Å²) in [7, 11) is 1.35. The number of nitrogens with zero attached hydrogens (tertiary/aromatic N) is 1. The third-order valence-corrected chi connectivity index (χ3v) is 3.82. The Morgan fingerprint density at radius 1 is 1.31 bits per heavy atom. The van der Waals surface area contributed by atoms with Crippen molar-refractivity contribution in [2.75, 3.05) is 13.7 Å². The molecule has 0 radical (unpaired) electrons. The van der Waals surface area contributed by atoms with E-state index in [-0.39, 0.29) is 5.75 Å². The van der Waals surface area contributed by atoms with Crippen molar-refractivity contribution in [3.63, 3.8) is 0 Å². The van der Waals surface area contributed by atoms with Gasteiger partial charge in [0, 0.05) is 11.8 Å². The molecular weight excluding hydrogens is 330 g/mol. The van der Waals surface area contributed by atoms with Gasteiger partial charge < -0.3 is 14.6 Å². The van der Waals surface area contributed by atoms with Gasteiger partial charge in [-0.3, -0.25) is 4.99 Å². The fourth-order valence-electron chi connectivity index (χ4n) is 2.48. The largest absolute Gasteiger partial charge is 0.504 e. The molecule has 0 bridgehead atoms. The zero-order valence-electron chi connectivity index (χ0n) is 15.3. The maximum atomic E-state index is 11.7. The summed E-state index contributed by atoms with van der Waals surface area (Å²) in [6.45, 7) is 7.93. The number of aryl methyl sites for hydroxylation is 1. The van der Waals surface area contributed by atoms with Crippen LogP contribution < -0.4 is 4.74 Å². The summed E-state index contributed by atoms with van der Waals surface area (Å²) < 4.78 is 10.2. The van der Waals surface area contributed by atoms with Crippen molar-refractivity contribution in [2.45, 2.75) is 20.3 Å². The van der Waals surface area contributed by atoms with E-state index >= 15 is 0 Å². The van der Waals surface area contributed by atoms with Crippen molar-refractivity contribution in [2.24, 2.45) is 4.99 Å². The molecule has 2 aromatic carbocycles. The van der Waals surface area contributed by atoms with E-state index in [1.165, 1.54) is 7.11 Å². The third kappa shape index (κ3) is 4.51. The number of carbonyl (C=O) groups is 1. The van der Waals surface area contributed by atoms with Gasteiger partial charge in [-0.1, -0.05) is 12.1 Å². The number of benzene rings is 2. The number of hydrogen-bond acceptors (Lipinski definition) is 5. The predicted molar refractivity (Wildman–Crippen MR) is 103 cm³/mol. The van der Waals surface area contributed by atoms with Crippen molar-refractivity contribution >= 4 is 17.9 Å². The zero-order valence-corrected chi connectivity index (χ0v) is 15.3. The van der Waals surface area contributed by atoms with Gasteiger partial charge in [0.2, 0.25) is 0 Å². The van der Waals surface area contributed by atoms with Crippen LogP contribution in [0.4, 0.5) is 5.69 Å². The van der Waals surface area contributed by atoms with E-state index in [0.717, 1.165) is 11.1 Å². The smallest absolute Gasteiger partial charge is 0.337 e. The minimum absolute atomic E-state index is 0.118. The number of methoxy groups -OCH3 is 1. The Morgan fingerprint density at radius 2 is 2.08 bits per heavy atom. The molecule has 0 saturated carbocycles. The quantitative estimate of drug-likeness (QED) is 0.456. The molecule has 136 valence electrons. The molecule has 1 N–H and O–H groups in total. The van der Waals surface area contributed by atoms with Gasteiger partial charge in [-0.15, -0.1) is 6.58 Å². The van der Waals surface area contributed by atoms with Gasteiger partial charge in [0.05, 0.1) is 25.0 Å². The van der Waals surface area contributed by atoms with Crippen molar-refractivity contribution in [3.05, 3.63) is 65.2 Å². The van der Waals surface area contributed by atoms with Gasteiger partial charge in [0.25, 0.3) is 0 Å². The zero-order chi connectivity index (χ0) is 19.1. The van der Waals surface area contributed by atoms with E-state index in [4.69, 9.17) is 9.47 Å². The number of ether oxygens (including phenoxy) is 2. The lowest BCUT2D eigenvalue weighted by Gasteiger charge is -2.11. The summed E-state index contributed by atoms with van der Waals surface area (Å²) in [5.41, 5.74) is 3.55. The first-order chi connectivity index (χ1) is 12.5. The van der Waals surface area contributed by atoms with Crippen LogP contribution in [0, 0.1) is 6.92 Å². The Bertz CT molecular complexity index is 840. The minimum atomic E-state index is -0.405. The third-order valence-electron chi connectivity index (χ3n) is 3.82. The van der Waals surface area contributed by atoms with Crippen LogP contribution in [-0.4, -0.2) is 31.0 Å².